The van der Waals surface area contributed by atoms with Crippen LogP contribution < -0.4 is 5.32 Å². The summed E-state index contributed by atoms with van der Waals surface area (Å²) in [5.41, 5.74) is 1.85. The second-order valence-corrected chi connectivity index (χ2v) is 8.41. The summed E-state index contributed by atoms with van der Waals surface area (Å²) in [6, 6.07) is 18.8. The van der Waals surface area contributed by atoms with Gasteiger partial charge in [0.1, 0.15) is 0 Å². The highest BCUT2D eigenvalue weighted by Crippen LogP contribution is 2.30. The van der Waals surface area contributed by atoms with Gasteiger partial charge in [-0.1, -0.05) is 42.5 Å². The van der Waals surface area contributed by atoms with Gasteiger partial charge in [0.2, 0.25) is 5.50 Å². The molecule has 30 heavy (non-hydrogen) atoms. The third-order valence-corrected chi connectivity index (χ3v) is 6.16. The van der Waals surface area contributed by atoms with Crippen molar-refractivity contribution in [1.29, 1.82) is 0 Å². The number of thioether (sulfide) groups is 1. The second kappa shape index (κ2) is 9.23. The number of halogens is 1. The number of aryl methyl sites for hydroxylation is 1. The number of alkyl halides is 1. The quantitative estimate of drug-likeness (QED) is 0.393. The van der Waals surface area contributed by atoms with Gasteiger partial charge in [-0.3, -0.25) is 9.36 Å². The number of nitrogens with one attached hydrogen (secondary N) is 1. The van der Waals surface area contributed by atoms with Gasteiger partial charge in [0, 0.05) is 16.6 Å². The van der Waals surface area contributed by atoms with Crippen LogP contribution in [0, 0.1) is 6.92 Å². The lowest BCUT2D eigenvalue weighted by Crippen LogP contribution is -2.22. The van der Waals surface area contributed by atoms with Gasteiger partial charge in [-0.15, -0.1) is 10.2 Å². The monoisotopic (exact) mass is 438 g/mol. The fourth-order valence-corrected chi connectivity index (χ4v) is 4.30. The molecule has 0 bridgehead atoms. The summed E-state index contributed by atoms with van der Waals surface area (Å²) in [7, 11) is 0. The number of hydrogen-bond acceptors (Lipinski definition) is 5. The van der Waals surface area contributed by atoms with Crippen molar-refractivity contribution in [2.45, 2.75) is 24.1 Å². The van der Waals surface area contributed by atoms with Crippen molar-refractivity contribution in [1.82, 2.24) is 14.8 Å². The van der Waals surface area contributed by atoms with Crippen LogP contribution in [-0.2, 0) is 11.3 Å². The van der Waals surface area contributed by atoms with E-state index in [9.17, 15) is 9.18 Å². The minimum Gasteiger partial charge on any atom is -0.323 e. The Bertz CT molecular complexity index is 1130. The molecule has 5 nitrogen and oxygen atoms in total. The first-order valence-electron chi connectivity index (χ1n) is 9.29. The van der Waals surface area contributed by atoms with Crippen molar-refractivity contribution in [3.8, 4) is 11.4 Å². The van der Waals surface area contributed by atoms with Crippen molar-refractivity contribution in [3.05, 3.63) is 82.6 Å². The van der Waals surface area contributed by atoms with Crippen molar-refractivity contribution in [3.63, 3.8) is 0 Å². The molecule has 1 amide bonds. The standard InChI is InChI=1S/C22H19FN4OS2/c1-15-7-5-6-8-16(15)13-27-20(17-11-12-29-14-17)25-26-22(27)30-19(23)21(28)24-18-9-3-2-4-10-18/h2-12,14,19H,13H2,1H3,(H,24,28). The molecule has 1 atom stereocenters. The smallest absolute Gasteiger partial charge is 0.269 e. The van der Waals surface area contributed by atoms with Crippen LogP contribution in [-0.4, -0.2) is 26.2 Å². The molecule has 0 aliphatic heterocycles. The maximum Gasteiger partial charge on any atom is 0.269 e. The highest BCUT2D eigenvalue weighted by Gasteiger charge is 2.24. The van der Waals surface area contributed by atoms with Crippen molar-refractivity contribution in [2.75, 3.05) is 5.32 Å². The number of carbonyl (C=O) groups is 1. The molecule has 2 heterocycles. The minimum atomic E-state index is -1.82. The molecule has 0 saturated carbocycles. The molecule has 1 N–H and O–H groups in total. The van der Waals surface area contributed by atoms with E-state index in [0.29, 0.717) is 23.2 Å². The SMILES string of the molecule is Cc1ccccc1Cn1c(SC(F)C(=O)Nc2ccccc2)nnc1-c1ccsc1. The van der Waals surface area contributed by atoms with Crippen molar-refractivity contribution >= 4 is 34.7 Å². The Kier molecular flexibility index (Phi) is 6.25. The molecule has 2 aromatic heterocycles. The number of rotatable bonds is 7. The van der Waals surface area contributed by atoms with Crippen LogP contribution in [0.2, 0.25) is 0 Å². The summed E-state index contributed by atoms with van der Waals surface area (Å²) >= 11 is 2.31. The molecule has 4 aromatic rings. The Morgan fingerprint density at radius 2 is 1.90 bits per heavy atom. The van der Waals surface area contributed by atoms with Gasteiger partial charge in [0.25, 0.3) is 5.91 Å². The fourth-order valence-electron chi connectivity index (χ4n) is 2.95. The number of aromatic nitrogens is 3. The predicted octanol–water partition coefficient (Wildman–Crippen LogP) is 5.39. The van der Waals surface area contributed by atoms with E-state index in [1.165, 1.54) is 0 Å². The molecule has 0 radical (unpaired) electrons. The van der Waals surface area contributed by atoms with Crippen LogP contribution in [0.5, 0.6) is 0 Å². The number of hydrogen-bond donors (Lipinski definition) is 1. The maximum atomic E-state index is 14.8. The molecule has 0 saturated heterocycles. The molecule has 0 aliphatic rings. The molecule has 1 unspecified atom stereocenters. The zero-order chi connectivity index (χ0) is 20.9. The number of carbonyl (C=O) groups excluding carboxylic acids is 1. The lowest BCUT2D eigenvalue weighted by molar-refractivity contribution is -0.118. The van der Waals surface area contributed by atoms with E-state index in [1.54, 1.807) is 35.6 Å². The summed E-state index contributed by atoms with van der Waals surface area (Å²) in [6.07, 6.45) is 0. The maximum absolute atomic E-state index is 14.8. The Morgan fingerprint density at radius 3 is 2.63 bits per heavy atom. The van der Waals surface area contributed by atoms with E-state index in [2.05, 4.69) is 15.5 Å². The molecule has 0 aliphatic carbocycles. The highest BCUT2D eigenvalue weighted by atomic mass is 32.2. The van der Waals surface area contributed by atoms with Gasteiger partial charge in [0.05, 0.1) is 6.54 Å². The molecule has 0 spiro atoms. The number of anilines is 1. The zero-order valence-corrected chi connectivity index (χ0v) is 17.8. The molecule has 0 fully saturated rings. The first-order valence-corrected chi connectivity index (χ1v) is 11.1. The summed E-state index contributed by atoms with van der Waals surface area (Å²) < 4.78 is 16.6. The minimum absolute atomic E-state index is 0.357. The molecule has 2 aromatic carbocycles. The van der Waals surface area contributed by atoms with Gasteiger partial charge < -0.3 is 5.32 Å². The van der Waals surface area contributed by atoms with Crippen LogP contribution in [0.25, 0.3) is 11.4 Å². The summed E-state index contributed by atoms with van der Waals surface area (Å²) in [5, 5.41) is 15.3. The van der Waals surface area contributed by atoms with Crippen molar-refractivity contribution < 1.29 is 9.18 Å². The number of amides is 1. The first kappa shape index (κ1) is 20.3. The molecular formula is C22H19FN4OS2. The lowest BCUT2D eigenvalue weighted by Gasteiger charge is -2.13. The third kappa shape index (κ3) is 4.60. The molecule has 4 rings (SSSR count). The number of benzene rings is 2. The number of para-hydroxylation sites is 1. The molecular weight excluding hydrogens is 419 g/mol. The average molecular weight is 439 g/mol. The van der Waals surface area contributed by atoms with Crippen molar-refractivity contribution in [2.24, 2.45) is 0 Å². The normalized spacial score (nSPS) is 11.9. The number of thiophene rings is 1. The topological polar surface area (TPSA) is 59.8 Å². The average Bonchev–Trinajstić information content (AvgIpc) is 3.41. The molecule has 152 valence electrons. The third-order valence-electron chi connectivity index (χ3n) is 4.54. The van der Waals surface area contributed by atoms with Crippen LogP contribution in [0.3, 0.4) is 0 Å². The zero-order valence-electron chi connectivity index (χ0n) is 16.2. The highest BCUT2D eigenvalue weighted by molar-refractivity contribution is 8.00. The second-order valence-electron chi connectivity index (χ2n) is 6.62. The van der Waals surface area contributed by atoms with E-state index in [4.69, 9.17) is 0 Å². The summed E-state index contributed by atoms with van der Waals surface area (Å²) in [5.74, 6) is -0.0774. The molecule has 8 heteroatoms. The summed E-state index contributed by atoms with van der Waals surface area (Å²) in [4.78, 5) is 12.3. The van der Waals surface area contributed by atoms with Crippen LogP contribution in [0.4, 0.5) is 10.1 Å². The largest absolute Gasteiger partial charge is 0.323 e. The van der Waals surface area contributed by atoms with Crippen LogP contribution in [0.15, 0.2) is 76.6 Å². The van der Waals surface area contributed by atoms with Gasteiger partial charge in [-0.2, -0.15) is 11.3 Å². The van der Waals surface area contributed by atoms with Gasteiger partial charge in [0.15, 0.2) is 11.0 Å². The fraction of sp³-hybridized carbons (Fsp3) is 0.136. The predicted molar refractivity (Wildman–Crippen MR) is 119 cm³/mol. The van der Waals surface area contributed by atoms with Gasteiger partial charge in [-0.25, -0.2) is 4.39 Å². The summed E-state index contributed by atoms with van der Waals surface area (Å²) in [6.45, 7) is 2.52. The lowest BCUT2D eigenvalue weighted by atomic mass is 10.1. The Hall–Kier alpha value is -2.97. The van der Waals surface area contributed by atoms with E-state index in [0.717, 1.165) is 28.5 Å². The van der Waals surface area contributed by atoms with Crippen LogP contribution >= 0.6 is 23.1 Å². The first-order chi connectivity index (χ1) is 14.6. The van der Waals surface area contributed by atoms with Crippen LogP contribution in [0.1, 0.15) is 11.1 Å². The Labute approximate surface area is 182 Å². The van der Waals surface area contributed by atoms with E-state index in [-0.39, 0.29) is 0 Å². The van der Waals surface area contributed by atoms with E-state index < -0.39 is 11.4 Å². The number of nitrogens with zero attached hydrogens (tertiary/aromatic N) is 3. The van der Waals surface area contributed by atoms with Gasteiger partial charge >= 0.3 is 0 Å². The Balaban J connectivity index is 1.59. The Morgan fingerprint density at radius 1 is 1.13 bits per heavy atom. The van der Waals surface area contributed by atoms with Gasteiger partial charge in [-0.05, 0) is 53.4 Å². The van der Waals surface area contributed by atoms with E-state index in [1.807, 2.05) is 58.6 Å². The van der Waals surface area contributed by atoms with E-state index >= 15 is 0 Å².